The van der Waals surface area contributed by atoms with Gasteiger partial charge in [0.2, 0.25) is 0 Å². The largest absolute Gasteiger partial charge is 0.303 e. The van der Waals surface area contributed by atoms with Crippen LogP contribution in [0.15, 0.2) is 29.4 Å². The van der Waals surface area contributed by atoms with Gasteiger partial charge >= 0.3 is 0 Å². The number of thiazole rings is 1. The lowest BCUT2D eigenvalue weighted by Gasteiger charge is -1.99. The maximum Gasteiger partial charge on any atom is 0.137 e. The van der Waals surface area contributed by atoms with Gasteiger partial charge < -0.3 is 5.01 Å². The highest BCUT2D eigenvalue weighted by Crippen LogP contribution is 2.19. The summed E-state index contributed by atoms with van der Waals surface area (Å²) in [5, 5.41) is 6.85. The number of aromatic nitrogens is 1. The van der Waals surface area contributed by atoms with Crippen LogP contribution >= 0.6 is 11.3 Å². The van der Waals surface area contributed by atoms with Crippen LogP contribution < -0.4 is 0 Å². The van der Waals surface area contributed by atoms with Crippen molar-refractivity contribution in [2.24, 2.45) is 5.10 Å². The lowest BCUT2D eigenvalue weighted by Crippen LogP contribution is -2.01. The monoisotopic (exact) mass is 205 g/mol. The van der Waals surface area contributed by atoms with Crippen LogP contribution in [0.1, 0.15) is 5.01 Å². The maximum atomic E-state index is 4.43. The van der Waals surface area contributed by atoms with Crippen molar-refractivity contribution < 1.29 is 0 Å². The van der Waals surface area contributed by atoms with Gasteiger partial charge in [0.25, 0.3) is 0 Å². The normalized spacial score (nSPS) is 11.3. The molecule has 2 rings (SSSR count). The van der Waals surface area contributed by atoms with E-state index in [0.717, 1.165) is 10.5 Å². The van der Waals surface area contributed by atoms with Gasteiger partial charge in [0.15, 0.2) is 0 Å². The van der Waals surface area contributed by atoms with E-state index < -0.39 is 0 Å². The predicted octanol–water partition coefficient (Wildman–Crippen LogP) is 2.19. The first-order valence-electron chi connectivity index (χ1n) is 4.32. The number of benzene rings is 1. The first kappa shape index (κ1) is 9.15. The smallest absolute Gasteiger partial charge is 0.137 e. The summed E-state index contributed by atoms with van der Waals surface area (Å²) in [4.78, 5) is 4.43. The topological polar surface area (TPSA) is 28.5 Å². The minimum Gasteiger partial charge on any atom is -0.303 e. The molecule has 0 saturated heterocycles. The van der Waals surface area contributed by atoms with Crippen LogP contribution in [0, 0.1) is 0 Å². The van der Waals surface area contributed by atoms with Gasteiger partial charge in [-0.1, -0.05) is 12.1 Å². The van der Waals surface area contributed by atoms with Gasteiger partial charge in [0.05, 0.1) is 16.4 Å². The molecule has 0 unspecified atom stereocenters. The van der Waals surface area contributed by atoms with Crippen LogP contribution in [-0.2, 0) is 0 Å². The molecule has 72 valence electrons. The van der Waals surface area contributed by atoms with E-state index in [2.05, 4.69) is 16.2 Å². The Balaban J connectivity index is 2.36. The predicted molar refractivity (Wildman–Crippen MR) is 60.9 cm³/mol. The number of nitrogens with zero attached hydrogens (tertiary/aromatic N) is 3. The van der Waals surface area contributed by atoms with E-state index in [1.807, 2.05) is 32.3 Å². The molecule has 0 saturated carbocycles. The van der Waals surface area contributed by atoms with Gasteiger partial charge in [0, 0.05) is 14.1 Å². The van der Waals surface area contributed by atoms with E-state index >= 15 is 0 Å². The number of rotatable bonds is 2. The summed E-state index contributed by atoms with van der Waals surface area (Å²) in [7, 11) is 3.79. The van der Waals surface area contributed by atoms with Gasteiger partial charge in [-0.25, -0.2) is 4.98 Å². The number of fused-ring (bicyclic) bond motifs is 1. The molecule has 0 N–H and O–H groups in total. The van der Waals surface area contributed by atoms with Crippen molar-refractivity contribution in [3.63, 3.8) is 0 Å². The fraction of sp³-hybridized carbons (Fsp3) is 0.200. The fourth-order valence-corrected chi connectivity index (χ4v) is 1.94. The Kier molecular flexibility index (Phi) is 2.45. The number of hydrazone groups is 1. The van der Waals surface area contributed by atoms with Gasteiger partial charge in [-0.05, 0) is 12.1 Å². The summed E-state index contributed by atoms with van der Waals surface area (Å²) >= 11 is 1.65. The third kappa shape index (κ3) is 1.90. The number of para-hydroxylation sites is 1. The molecule has 4 heteroatoms. The Morgan fingerprint density at radius 1 is 1.36 bits per heavy atom. The second-order valence-electron chi connectivity index (χ2n) is 3.11. The quantitative estimate of drug-likeness (QED) is 0.555. The van der Waals surface area contributed by atoms with Gasteiger partial charge in [0.1, 0.15) is 5.01 Å². The summed E-state index contributed by atoms with van der Waals surface area (Å²) in [5.74, 6) is 0. The summed E-state index contributed by atoms with van der Waals surface area (Å²) in [5.41, 5.74) is 1.04. The molecule has 0 aliphatic carbocycles. The molecule has 0 aliphatic rings. The third-order valence-electron chi connectivity index (χ3n) is 1.71. The Hall–Kier alpha value is -1.42. The molecule has 0 fully saturated rings. The third-order valence-corrected chi connectivity index (χ3v) is 2.68. The van der Waals surface area contributed by atoms with Crippen LogP contribution in [0.4, 0.5) is 0 Å². The van der Waals surface area contributed by atoms with Gasteiger partial charge in [-0.3, -0.25) is 0 Å². The van der Waals surface area contributed by atoms with Crippen LogP contribution in [0.3, 0.4) is 0 Å². The molecular weight excluding hydrogens is 194 g/mol. The molecule has 2 aromatic rings. The zero-order valence-electron chi connectivity index (χ0n) is 8.14. The highest BCUT2D eigenvalue weighted by molar-refractivity contribution is 7.20. The van der Waals surface area contributed by atoms with E-state index in [1.165, 1.54) is 4.70 Å². The van der Waals surface area contributed by atoms with E-state index in [9.17, 15) is 0 Å². The molecular formula is C10H11N3S. The van der Waals surface area contributed by atoms with Crippen LogP contribution in [0.5, 0.6) is 0 Å². The lowest BCUT2D eigenvalue weighted by atomic mass is 10.3. The molecule has 0 bridgehead atoms. The highest BCUT2D eigenvalue weighted by atomic mass is 32.1. The Morgan fingerprint density at radius 2 is 2.14 bits per heavy atom. The first-order chi connectivity index (χ1) is 6.75. The van der Waals surface area contributed by atoms with E-state index in [-0.39, 0.29) is 0 Å². The summed E-state index contributed by atoms with van der Waals surface area (Å²) < 4.78 is 1.20. The highest BCUT2D eigenvalue weighted by Gasteiger charge is 1.99. The standard InChI is InChI=1S/C10H11N3S/c1-13(2)11-7-10-12-8-5-3-4-6-9(8)14-10/h3-7H,1-2H3/b11-7+. The zero-order valence-corrected chi connectivity index (χ0v) is 8.95. The maximum absolute atomic E-state index is 4.43. The van der Waals surface area contributed by atoms with Gasteiger partial charge in [-0.2, -0.15) is 5.10 Å². The zero-order chi connectivity index (χ0) is 9.97. The van der Waals surface area contributed by atoms with Gasteiger partial charge in [-0.15, -0.1) is 11.3 Å². The first-order valence-corrected chi connectivity index (χ1v) is 5.14. The Morgan fingerprint density at radius 3 is 2.86 bits per heavy atom. The molecule has 1 aromatic carbocycles. The van der Waals surface area contributed by atoms with Crippen LogP contribution in [0.25, 0.3) is 10.2 Å². The average Bonchev–Trinajstić information content (AvgIpc) is 2.57. The van der Waals surface area contributed by atoms with Crippen molar-refractivity contribution in [3.8, 4) is 0 Å². The fourth-order valence-electron chi connectivity index (χ4n) is 1.11. The molecule has 0 radical (unpaired) electrons. The van der Waals surface area contributed by atoms with Crippen LogP contribution in [0.2, 0.25) is 0 Å². The van der Waals surface area contributed by atoms with Crippen molar-refractivity contribution in [3.05, 3.63) is 29.3 Å². The summed E-state index contributed by atoms with van der Waals surface area (Å²) in [6.45, 7) is 0. The van der Waals surface area contributed by atoms with Crippen molar-refractivity contribution in [2.45, 2.75) is 0 Å². The minimum atomic E-state index is 0.944. The Labute approximate surface area is 86.7 Å². The number of hydrogen-bond donors (Lipinski definition) is 0. The molecule has 0 amide bonds. The van der Waals surface area contributed by atoms with Crippen molar-refractivity contribution in [2.75, 3.05) is 14.1 Å². The van der Waals surface area contributed by atoms with Crippen molar-refractivity contribution >= 4 is 27.8 Å². The van der Waals surface area contributed by atoms with E-state index in [1.54, 1.807) is 22.6 Å². The number of hydrogen-bond acceptors (Lipinski definition) is 4. The second-order valence-corrected chi connectivity index (χ2v) is 4.17. The summed E-state index contributed by atoms with van der Waals surface area (Å²) in [6.07, 6.45) is 1.78. The SMILES string of the molecule is CN(C)/N=C/c1nc2ccccc2s1. The second kappa shape index (κ2) is 3.75. The molecule has 0 spiro atoms. The molecule has 1 aromatic heterocycles. The molecule has 14 heavy (non-hydrogen) atoms. The van der Waals surface area contributed by atoms with Crippen molar-refractivity contribution in [1.29, 1.82) is 0 Å². The van der Waals surface area contributed by atoms with Crippen LogP contribution in [-0.4, -0.2) is 30.3 Å². The molecule has 0 aliphatic heterocycles. The minimum absolute atomic E-state index is 0.944. The lowest BCUT2D eigenvalue weighted by molar-refractivity contribution is 0.440. The molecule has 1 heterocycles. The van der Waals surface area contributed by atoms with Crippen molar-refractivity contribution in [1.82, 2.24) is 9.99 Å². The van der Waals surface area contributed by atoms with E-state index in [0.29, 0.717) is 0 Å². The van der Waals surface area contributed by atoms with E-state index in [4.69, 9.17) is 0 Å². The average molecular weight is 205 g/mol. The molecule has 0 atom stereocenters. The Bertz CT molecular complexity index is 426. The summed E-state index contributed by atoms with van der Waals surface area (Å²) in [6, 6.07) is 8.10. The molecule has 3 nitrogen and oxygen atoms in total.